The third-order valence-electron chi connectivity index (χ3n) is 6.64. The maximum atomic E-state index is 13.2. The van der Waals surface area contributed by atoms with Gasteiger partial charge in [-0.3, -0.25) is 9.69 Å². The van der Waals surface area contributed by atoms with Crippen LogP contribution in [0.15, 0.2) is 0 Å². The van der Waals surface area contributed by atoms with Crippen LogP contribution in [0.4, 0.5) is 0 Å². The first-order valence-electron chi connectivity index (χ1n) is 10.9. The van der Waals surface area contributed by atoms with E-state index in [0.29, 0.717) is 10.8 Å². The first-order chi connectivity index (χ1) is 14.3. The average molecular weight is 449 g/mol. The number of fused-ring (bicyclic) bond motifs is 1. The SMILES string of the molecule is Cc1nc(C2CC2)nc2sc(C(=O)NC3CS(=O)(=O)CC3N3CCCCC3)c(C)c12. The molecule has 30 heavy (non-hydrogen) atoms. The predicted molar refractivity (Wildman–Crippen MR) is 118 cm³/mol. The van der Waals surface area contributed by atoms with Crippen LogP contribution in [-0.4, -0.2) is 65.9 Å². The molecular formula is C21H28N4O3S2. The highest BCUT2D eigenvalue weighted by molar-refractivity contribution is 7.91. The van der Waals surface area contributed by atoms with Crippen LogP contribution in [0.5, 0.6) is 0 Å². The number of carbonyl (C=O) groups is 1. The first kappa shape index (κ1) is 20.3. The molecule has 162 valence electrons. The number of thiophene rings is 1. The molecule has 1 aliphatic carbocycles. The Balaban J connectivity index is 1.42. The zero-order valence-electron chi connectivity index (χ0n) is 17.5. The number of nitrogens with zero attached hydrogens (tertiary/aromatic N) is 3. The summed E-state index contributed by atoms with van der Waals surface area (Å²) in [6.45, 7) is 5.74. The molecule has 2 aromatic heterocycles. The Kier molecular flexibility index (Phi) is 5.10. The van der Waals surface area contributed by atoms with Crippen molar-refractivity contribution in [2.75, 3.05) is 24.6 Å². The number of carbonyl (C=O) groups excluding carboxylic acids is 1. The van der Waals surface area contributed by atoms with Crippen molar-refractivity contribution in [1.29, 1.82) is 0 Å². The first-order valence-corrected chi connectivity index (χ1v) is 13.5. The van der Waals surface area contributed by atoms with Crippen LogP contribution in [0.25, 0.3) is 10.2 Å². The van der Waals surface area contributed by atoms with Crippen molar-refractivity contribution in [1.82, 2.24) is 20.2 Å². The Morgan fingerprint density at radius 1 is 1.10 bits per heavy atom. The standard InChI is InChI=1S/C21H28N4O3S2/c1-12-17-13(2)22-19(14-6-7-14)24-21(17)29-18(12)20(26)23-15-10-30(27,28)11-16(15)25-8-4-3-5-9-25/h14-16H,3-11H2,1-2H3,(H,23,26). The molecule has 2 aliphatic heterocycles. The number of rotatable bonds is 4. The molecule has 9 heteroatoms. The fourth-order valence-corrected chi connectivity index (χ4v) is 8.01. The van der Waals surface area contributed by atoms with E-state index < -0.39 is 9.84 Å². The summed E-state index contributed by atoms with van der Waals surface area (Å²) < 4.78 is 24.8. The lowest BCUT2D eigenvalue weighted by molar-refractivity contribution is 0.0903. The van der Waals surface area contributed by atoms with Crippen molar-refractivity contribution in [2.45, 2.75) is 64.0 Å². The Morgan fingerprint density at radius 2 is 1.83 bits per heavy atom. The zero-order valence-corrected chi connectivity index (χ0v) is 19.1. The Morgan fingerprint density at radius 3 is 2.53 bits per heavy atom. The number of hydrogen-bond donors (Lipinski definition) is 1. The smallest absolute Gasteiger partial charge is 0.262 e. The number of aryl methyl sites for hydroxylation is 2. The summed E-state index contributed by atoms with van der Waals surface area (Å²) in [5.74, 6) is 1.32. The minimum absolute atomic E-state index is 0.0223. The monoisotopic (exact) mass is 448 g/mol. The lowest BCUT2D eigenvalue weighted by Crippen LogP contribution is -2.52. The normalized spacial score (nSPS) is 26.9. The molecular weight excluding hydrogens is 420 g/mol. The molecule has 2 saturated heterocycles. The van der Waals surface area contributed by atoms with Gasteiger partial charge in [0, 0.05) is 17.3 Å². The van der Waals surface area contributed by atoms with E-state index in [1.807, 2.05) is 13.8 Å². The van der Waals surface area contributed by atoms with Crippen molar-refractivity contribution in [2.24, 2.45) is 0 Å². The Hall–Kier alpha value is -1.58. The summed E-state index contributed by atoms with van der Waals surface area (Å²) in [5, 5.41) is 4.03. The molecule has 3 fully saturated rings. The second-order valence-electron chi connectivity index (χ2n) is 9.00. The molecule has 3 aliphatic rings. The molecule has 2 aromatic rings. The van der Waals surface area contributed by atoms with E-state index in [2.05, 4.69) is 15.2 Å². The van der Waals surface area contributed by atoms with Gasteiger partial charge in [-0.15, -0.1) is 11.3 Å². The van der Waals surface area contributed by atoms with Gasteiger partial charge in [-0.25, -0.2) is 18.4 Å². The average Bonchev–Trinajstić information content (AvgIpc) is 3.43. The number of hydrogen-bond acceptors (Lipinski definition) is 7. The van der Waals surface area contributed by atoms with E-state index in [0.717, 1.165) is 66.1 Å². The van der Waals surface area contributed by atoms with Gasteiger partial charge in [-0.2, -0.15) is 0 Å². The maximum Gasteiger partial charge on any atom is 0.262 e. The number of nitrogens with one attached hydrogen (secondary N) is 1. The van der Waals surface area contributed by atoms with Gasteiger partial charge in [-0.1, -0.05) is 6.42 Å². The summed E-state index contributed by atoms with van der Waals surface area (Å²) in [6.07, 6.45) is 5.65. The van der Waals surface area contributed by atoms with E-state index in [1.165, 1.54) is 17.8 Å². The Bertz CT molecular complexity index is 1100. The van der Waals surface area contributed by atoms with Gasteiger partial charge in [0.15, 0.2) is 9.84 Å². The lowest BCUT2D eigenvalue weighted by atomic mass is 10.0. The second-order valence-corrected chi connectivity index (χ2v) is 12.2. The minimum Gasteiger partial charge on any atom is -0.346 e. The molecule has 1 amide bonds. The molecule has 1 N–H and O–H groups in total. The summed E-state index contributed by atoms with van der Waals surface area (Å²) in [7, 11) is -3.15. The van der Waals surface area contributed by atoms with Gasteiger partial charge < -0.3 is 5.32 Å². The summed E-state index contributed by atoms with van der Waals surface area (Å²) in [5.41, 5.74) is 1.81. The van der Waals surface area contributed by atoms with Crippen LogP contribution in [-0.2, 0) is 9.84 Å². The molecule has 0 bridgehead atoms. The van der Waals surface area contributed by atoms with Crippen molar-refractivity contribution in [3.05, 3.63) is 22.0 Å². The molecule has 5 rings (SSSR count). The van der Waals surface area contributed by atoms with Gasteiger partial charge in [0.1, 0.15) is 10.7 Å². The predicted octanol–water partition coefficient (Wildman–Crippen LogP) is 2.57. The highest BCUT2D eigenvalue weighted by Gasteiger charge is 2.42. The number of likely N-dealkylation sites (tertiary alicyclic amines) is 1. The van der Waals surface area contributed by atoms with E-state index in [1.54, 1.807) is 0 Å². The van der Waals surface area contributed by atoms with Crippen LogP contribution < -0.4 is 5.32 Å². The van der Waals surface area contributed by atoms with Crippen LogP contribution in [0, 0.1) is 13.8 Å². The molecule has 0 spiro atoms. The molecule has 2 atom stereocenters. The molecule has 1 saturated carbocycles. The fraction of sp³-hybridized carbons (Fsp3) is 0.667. The lowest BCUT2D eigenvalue weighted by Gasteiger charge is -2.34. The van der Waals surface area contributed by atoms with Gasteiger partial charge in [-0.05, 0) is 58.2 Å². The topological polar surface area (TPSA) is 92.3 Å². The van der Waals surface area contributed by atoms with Gasteiger partial charge in [0.2, 0.25) is 0 Å². The molecule has 0 aromatic carbocycles. The van der Waals surface area contributed by atoms with Crippen LogP contribution in [0.3, 0.4) is 0 Å². The minimum atomic E-state index is -3.15. The maximum absolute atomic E-state index is 13.2. The number of aromatic nitrogens is 2. The van der Waals surface area contributed by atoms with Crippen molar-refractivity contribution < 1.29 is 13.2 Å². The highest BCUT2D eigenvalue weighted by atomic mass is 32.2. The molecule has 4 heterocycles. The van der Waals surface area contributed by atoms with Crippen molar-refractivity contribution in [3.8, 4) is 0 Å². The fourth-order valence-electron chi connectivity index (χ4n) is 4.91. The number of sulfone groups is 1. The van der Waals surface area contributed by atoms with Crippen LogP contribution in [0.1, 0.15) is 64.8 Å². The van der Waals surface area contributed by atoms with Crippen LogP contribution in [0.2, 0.25) is 0 Å². The second kappa shape index (κ2) is 7.53. The van der Waals surface area contributed by atoms with Crippen LogP contribution >= 0.6 is 11.3 Å². The summed E-state index contributed by atoms with van der Waals surface area (Å²) in [6, 6.07) is -0.489. The quantitative estimate of drug-likeness (QED) is 0.773. The summed E-state index contributed by atoms with van der Waals surface area (Å²) >= 11 is 1.40. The Labute approximate surface area is 181 Å². The highest BCUT2D eigenvalue weighted by Crippen LogP contribution is 2.40. The third kappa shape index (κ3) is 3.76. The largest absolute Gasteiger partial charge is 0.346 e. The molecule has 7 nitrogen and oxygen atoms in total. The molecule has 2 unspecified atom stereocenters. The van der Waals surface area contributed by atoms with Crippen molar-refractivity contribution in [3.63, 3.8) is 0 Å². The number of amides is 1. The summed E-state index contributed by atoms with van der Waals surface area (Å²) in [4.78, 5) is 26.3. The van der Waals surface area contributed by atoms with Crippen molar-refractivity contribution >= 4 is 37.3 Å². The van der Waals surface area contributed by atoms with E-state index in [9.17, 15) is 13.2 Å². The van der Waals surface area contributed by atoms with Gasteiger partial charge in [0.25, 0.3) is 5.91 Å². The number of piperidine rings is 1. The molecule has 0 radical (unpaired) electrons. The third-order valence-corrected chi connectivity index (χ3v) is 9.54. The van der Waals surface area contributed by atoms with E-state index in [-0.39, 0.29) is 29.5 Å². The van der Waals surface area contributed by atoms with Gasteiger partial charge >= 0.3 is 0 Å². The van der Waals surface area contributed by atoms with Gasteiger partial charge in [0.05, 0.1) is 28.1 Å². The van der Waals surface area contributed by atoms with E-state index >= 15 is 0 Å². The zero-order chi connectivity index (χ0) is 21.0. The van der Waals surface area contributed by atoms with E-state index in [4.69, 9.17) is 4.98 Å².